The number of carbonyl (C=O) groups excluding carboxylic acids is 1. The van der Waals surface area contributed by atoms with Crippen molar-refractivity contribution in [3.8, 4) is 0 Å². The van der Waals surface area contributed by atoms with Crippen molar-refractivity contribution in [2.45, 2.75) is 117 Å². The third-order valence-electron chi connectivity index (χ3n) is 8.34. The maximum Gasteiger partial charge on any atom is 0.226 e. The number of amides is 1. The first-order valence-electron chi connectivity index (χ1n) is 17.5. The molecule has 0 heterocycles. The van der Waals surface area contributed by atoms with Crippen molar-refractivity contribution in [3.63, 3.8) is 0 Å². The number of para-hydroxylation sites is 3. The summed E-state index contributed by atoms with van der Waals surface area (Å²) in [6.07, 6.45) is 20.5. The zero-order chi connectivity index (χ0) is 31.1. The van der Waals surface area contributed by atoms with Crippen LogP contribution in [0.4, 0.5) is 17.1 Å². The molecule has 0 aromatic heterocycles. The second-order valence-electron chi connectivity index (χ2n) is 12.3. The molecule has 0 saturated heterocycles. The molecule has 0 fully saturated rings. The van der Waals surface area contributed by atoms with Gasteiger partial charge in [0.05, 0.1) is 5.69 Å². The molecule has 3 aromatic rings. The van der Waals surface area contributed by atoms with Gasteiger partial charge >= 0.3 is 0 Å². The Morgan fingerprint density at radius 2 is 1.09 bits per heavy atom. The van der Waals surface area contributed by atoms with Crippen molar-refractivity contribution in [3.05, 3.63) is 91.0 Å². The third-order valence-corrected chi connectivity index (χ3v) is 8.34. The predicted molar refractivity (Wildman–Crippen MR) is 198 cm³/mol. The van der Waals surface area contributed by atoms with Gasteiger partial charge in [-0.15, -0.1) is 12.4 Å². The summed E-state index contributed by atoms with van der Waals surface area (Å²) in [5, 5.41) is 3.53. The van der Waals surface area contributed by atoms with Crippen LogP contribution < -0.4 is 10.2 Å². The minimum absolute atomic E-state index is 0. The van der Waals surface area contributed by atoms with E-state index in [0.717, 1.165) is 35.7 Å². The maximum absolute atomic E-state index is 13.6. The molecule has 1 N–H and O–H groups in total. The van der Waals surface area contributed by atoms with Crippen molar-refractivity contribution in [1.29, 1.82) is 0 Å². The summed E-state index contributed by atoms with van der Waals surface area (Å²) in [4.78, 5) is 20.6. The molecular formula is C40H58ClN3O. The first-order valence-corrected chi connectivity index (χ1v) is 17.5. The Bertz CT molecular complexity index is 1170. The van der Waals surface area contributed by atoms with E-state index in [0.29, 0.717) is 13.0 Å². The third kappa shape index (κ3) is 16.1. The SMILES string of the molecule is CCCCCCCCCCCCCCCCCC(=O)N(CC(C)C(=Nc1ccccc1)Nc1ccccc1)c1ccccc1.Cl. The predicted octanol–water partition coefficient (Wildman–Crippen LogP) is 12.2. The molecule has 45 heavy (non-hydrogen) atoms. The summed E-state index contributed by atoms with van der Waals surface area (Å²) < 4.78 is 0. The van der Waals surface area contributed by atoms with Gasteiger partial charge in [0, 0.05) is 30.3 Å². The zero-order valence-corrected chi connectivity index (χ0v) is 28.8. The zero-order valence-electron chi connectivity index (χ0n) is 28.0. The molecule has 0 aliphatic heterocycles. The van der Waals surface area contributed by atoms with E-state index in [2.05, 4.69) is 19.2 Å². The first kappa shape index (κ1) is 38.1. The second-order valence-corrected chi connectivity index (χ2v) is 12.3. The number of anilines is 2. The minimum atomic E-state index is 0. The number of hydrogen-bond acceptors (Lipinski definition) is 2. The Labute approximate surface area is 280 Å². The topological polar surface area (TPSA) is 44.7 Å². The van der Waals surface area contributed by atoms with Gasteiger partial charge in [-0.3, -0.25) is 4.79 Å². The number of amidine groups is 1. The van der Waals surface area contributed by atoms with Crippen LogP contribution in [0.1, 0.15) is 117 Å². The number of halogens is 1. The molecule has 3 rings (SSSR count). The smallest absolute Gasteiger partial charge is 0.226 e. The molecule has 0 spiro atoms. The number of nitrogens with one attached hydrogen (secondary N) is 1. The molecule has 0 radical (unpaired) electrons. The van der Waals surface area contributed by atoms with Crippen molar-refractivity contribution >= 4 is 41.2 Å². The van der Waals surface area contributed by atoms with Crippen molar-refractivity contribution in [1.82, 2.24) is 0 Å². The number of aliphatic imine (C=N–C) groups is 1. The Balaban J connectivity index is 0.00000705. The highest BCUT2D eigenvalue weighted by Gasteiger charge is 2.21. The summed E-state index contributed by atoms with van der Waals surface area (Å²) in [5.74, 6) is 1.04. The summed E-state index contributed by atoms with van der Waals surface area (Å²) >= 11 is 0. The first-order chi connectivity index (χ1) is 21.7. The fourth-order valence-electron chi connectivity index (χ4n) is 5.67. The van der Waals surface area contributed by atoms with Crippen LogP contribution in [-0.4, -0.2) is 18.3 Å². The van der Waals surface area contributed by atoms with Crippen LogP contribution in [-0.2, 0) is 4.79 Å². The van der Waals surface area contributed by atoms with Gasteiger partial charge in [0.15, 0.2) is 0 Å². The van der Waals surface area contributed by atoms with Gasteiger partial charge in [-0.05, 0) is 42.8 Å². The Morgan fingerprint density at radius 3 is 1.60 bits per heavy atom. The average Bonchev–Trinajstić information content (AvgIpc) is 3.06. The van der Waals surface area contributed by atoms with Crippen molar-refractivity contribution in [2.75, 3.05) is 16.8 Å². The fourth-order valence-corrected chi connectivity index (χ4v) is 5.67. The lowest BCUT2D eigenvalue weighted by Gasteiger charge is -2.27. The van der Waals surface area contributed by atoms with E-state index < -0.39 is 0 Å². The molecule has 4 nitrogen and oxygen atoms in total. The van der Waals surface area contributed by atoms with E-state index in [-0.39, 0.29) is 24.2 Å². The average molecular weight is 632 g/mol. The lowest BCUT2D eigenvalue weighted by molar-refractivity contribution is -0.118. The van der Waals surface area contributed by atoms with E-state index in [1.807, 2.05) is 95.9 Å². The van der Waals surface area contributed by atoms with E-state index in [1.54, 1.807) is 0 Å². The summed E-state index contributed by atoms with van der Waals surface area (Å²) in [5.41, 5.74) is 2.83. The van der Waals surface area contributed by atoms with Gasteiger partial charge in [0.2, 0.25) is 5.91 Å². The number of nitrogens with zero attached hydrogens (tertiary/aromatic N) is 2. The molecule has 1 amide bonds. The van der Waals surface area contributed by atoms with E-state index in [9.17, 15) is 4.79 Å². The number of hydrogen-bond donors (Lipinski definition) is 1. The highest BCUT2D eigenvalue weighted by atomic mass is 35.5. The van der Waals surface area contributed by atoms with Gasteiger partial charge in [0.25, 0.3) is 0 Å². The van der Waals surface area contributed by atoms with Crippen molar-refractivity contribution < 1.29 is 4.79 Å². The van der Waals surface area contributed by atoms with Crippen LogP contribution in [0.25, 0.3) is 0 Å². The number of carbonyl (C=O) groups is 1. The highest BCUT2D eigenvalue weighted by Crippen LogP contribution is 2.22. The molecule has 5 heteroatoms. The molecule has 0 saturated carbocycles. The van der Waals surface area contributed by atoms with Gasteiger partial charge in [0.1, 0.15) is 5.84 Å². The van der Waals surface area contributed by atoms with Gasteiger partial charge < -0.3 is 10.2 Å². The van der Waals surface area contributed by atoms with Gasteiger partial charge in [-0.2, -0.15) is 0 Å². The number of benzene rings is 3. The molecule has 0 bridgehead atoms. The number of unbranched alkanes of at least 4 members (excludes halogenated alkanes) is 14. The molecule has 0 aliphatic carbocycles. The molecule has 1 atom stereocenters. The van der Waals surface area contributed by atoms with Crippen LogP contribution in [0.15, 0.2) is 96.0 Å². The Kier molecular flexibility index (Phi) is 20.4. The van der Waals surface area contributed by atoms with Gasteiger partial charge in [-0.25, -0.2) is 4.99 Å². The molecule has 1 unspecified atom stereocenters. The second kappa shape index (κ2) is 24.2. The standard InChI is InChI=1S/C40H57N3O.ClH/c1-3-4-5-6-7-8-9-10-11-12-13-14-15-16-26-33-39(44)43(38-31-24-19-25-32-38)34-35(2)40(41-36-27-20-17-21-28-36)42-37-29-22-18-23-30-37;/h17-25,27-32,35H,3-16,26,33-34H2,1-2H3,(H,41,42);1H. The van der Waals surface area contributed by atoms with E-state index in [1.165, 1.54) is 83.5 Å². The largest absolute Gasteiger partial charge is 0.343 e. The summed E-state index contributed by atoms with van der Waals surface area (Å²) in [6, 6.07) is 30.3. The molecular weight excluding hydrogens is 574 g/mol. The lowest BCUT2D eigenvalue weighted by atomic mass is 10.0. The molecule has 246 valence electrons. The summed E-state index contributed by atoms with van der Waals surface area (Å²) in [6.45, 7) is 4.99. The highest BCUT2D eigenvalue weighted by molar-refractivity contribution is 6.00. The lowest BCUT2D eigenvalue weighted by Crippen LogP contribution is -2.38. The normalized spacial score (nSPS) is 11.9. The number of rotatable bonds is 22. The Hall–Kier alpha value is -3.11. The van der Waals surface area contributed by atoms with Crippen molar-refractivity contribution in [2.24, 2.45) is 10.9 Å². The Morgan fingerprint density at radius 1 is 0.644 bits per heavy atom. The molecule has 3 aromatic carbocycles. The minimum Gasteiger partial charge on any atom is -0.343 e. The quantitative estimate of drug-likeness (QED) is 0.0681. The van der Waals surface area contributed by atoms with Crippen LogP contribution >= 0.6 is 12.4 Å². The van der Waals surface area contributed by atoms with Crippen LogP contribution in [0.5, 0.6) is 0 Å². The molecule has 0 aliphatic rings. The summed E-state index contributed by atoms with van der Waals surface area (Å²) in [7, 11) is 0. The van der Waals surface area contributed by atoms with E-state index >= 15 is 0 Å². The van der Waals surface area contributed by atoms with Crippen LogP contribution in [0.2, 0.25) is 0 Å². The van der Waals surface area contributed by atoms with Crippen LogP contribution in [0.3, 0.4) is 0 Å². The van der Waals surface area contributed by atoms with E-state index in [4.69, 9.17) is 4.99 Å². The van der Waals surface area contributed by atoms with Crippen LogP contribution in [0, 0.1) is 5.92 Å². The fraction of sp³-hybridized carbons (Fsp3) is 0.500. The maximum atomic E-state index is 13.6. The van der Waals surface area contributed by atoms with Gasteiger partial charge in [-0.1, -0.05) is 158 Å². The monoisotopic (exact) mass is 631 g/mol.